The maximum Gasteiger partial charge on any atom is 0.345 e. The van der Waals surface area contributed by atoms with Gasteiger partial charge in [0, 0.05) is 24.3 Å². The predicted octanol–water partition coefficient (Wildman–Crippen LogP) is 4.87. The first-order valence-electron chi connectivity index (χ1n) is 13.7. The highest BCUT2D eigenvalue weighted by Gasteiger charge is 2.35. The van der Waals surface area contributed by atoms with Crippen molar-refractivity contribution in [3.8, 4) is 21.4 Å². The number of rotatable bonds is 2. The first kappa shape index (κ1) is 22.4. The summed E-state index contributed by atoms with van der Waals surface area (Å²) >= 11 is 1.71. The van der Waals surface area contributed by atoms with Gasteiger partial charge in [-0.25, -0.2) is 9.97 Å². The van der Waals surface area contributed by atoms with Crippen molar-refractivity contribution in [2.24, 2.45) is 0 Å². The molecule has 2 N–H and O–H groups in total. The minimum Gasteiger partial charge on any atom is -0.337 e. The van der Waals surface area contributed by atoms with Crippen LogP contribution in [0.5, 0.6) is 0 Å². The molecule has 0 spiro atoms. The second-order valence-electron chi connectivity index (χ2n) is 11.0. The number of nitrogens with zero attached hydrogens (tertiary/aromatic N) is 6. The molecule has 0 amide bonds. The second-order valence-corrected chi connectivity index (χ2v) is 12.1. The summed E-state index contributed by atoms with van der Waals surface area (Å²) in [6.45, 7) is 1.67. The Labute approximate surface area is 242 Å². The smallest absolute Gasteiger partial charge is 0.337 e. The number of nitrogens with one attached hydrogen (secondary N) is 2. The van der Waals surface area contributed by atoms with E-state index in [1.54, 1.807) is 11.3 Å². The number of aromatic amines is 2. The van der Waals surface area contributed by atoms with E-state index in [-0.39, 0.29) is 7.43 Å². The lowest BCUT2D eigenvalue weighted by atomic mass is 10.1. The van der Waals surface area contributed by atoms with Gasteiger partial charge in [0.1, 0.15) is 22.7 Å². The van der Waals surface area contributed by atoms with E-state index < -0.39 is 0 Å². The second kappa shape index (κ2) is 7.51. The van der Waals surface area contributed by atoms with E-state index in [0.717, 1.165) is 56.8 Å². The van der Waals surface area contributed by atoms with Crippen LogP contribution < -0.4 is 18.3 Å². The van der Waals surface area contributed by atoms with Crippen LogP contribution in [0.3, 0.4) is 0 Å². The number of H-pyrrole nitrogens is 2. The zero-order valence-electron chi connectivity index (χ0n) is 21.6. The monoisotopic (exact) mass is 564 g/mol. The van der Waals surface area contributed by atoms with Crippen molar-refractivity contribution in [2.45, 2.75) is 20.8 Å². The molecule has 11 rings (SSSR count). The molecular formula is C33H24N8S+4. The number of thiophene rings is 1. The van der Waals surface area contributed by atoms with Gasteiger partial charge in [-0.05, 0) is 36.4 Å². The zero-order chi connectivity index (χ0) is 26.4. The van der Waals surface area contributed by atoms with Crippen molar-refractivity contribution < 1.29 is 18.3 Å². The number of pyridine rings is 4. The molecule has 42 heavy (non-hydrogen) atoms. The molecule has 0 saturated carbocycles. The van der Waals surface area contributed by atoms with Crippen molar-refractivity contribution in [1.29, 1.82) is 0 Å². The lowest BCUT2D eigenvalue weighted by Crippen LogP contribution is -2.45. The highest BCUT2D eigenvalue weighted by molar-refractivity contribution is 7.18. The van der Waals surface area contributed by atoms with E-state index in [4.69, 9.17) is 9.97 Å². The van der Waals surface area contributed by atoms with Crippen LogP contribution in [-0.4, -0.2) is 19.9 Å². The fraction of sp³-hybridized carbons (Fsp3) is 0.0909. The van der Waals surface area contributed by atoms with E-state index in [1.165, 1.54) is 43.6 Å². The molecule has 2 aromatic carbocycles. The third-order valence-corrected chi connectivity index (χ3v) is 9.97. The molecule has 0 atom stereocenters. The van der Waals surface area contributed by atoms with Gasteiger partial charge in [-0.2, -0.15) is 0 Å². The van der Waals surface area contributed by atoms with Crippen LogP contribution >= 0.6 is 11.3 Å². The topological polar surface area (TPSA) is 72.9 Å². The molecule has 0 aliphatic carbocycles. The summed E-state index contributed by atoms with van der Waals surface area (Å²) in [5, 5.41) is 4.77. The molecule has 0 saturated heterocycles. The van der Waals surface area contributed by atoms with Crippen molar-refractivity contribution in [2.75, 3.05) is 0 Å². The molecule has 2 aliphatic rings. The van der Waals surface area contributed by atoms with Crippen LogP contribution in [0.2, 0.25) is 0 Å². The molecule has 9 heterocycles. The van der Waals surface area contributed by atoms with Crippen molar-refractivity contribution in [3.63, 3.8) is 0 Å². The van der Waals surface area contributed by atoms with Gasteiger partial charge in [-0.1, -0.05) is 7.43 Å². The lowest BCUT2D eigenvalue weighted by molar-refractivity contribution is -0.872. The van der Waals surface area contributed by atoms with Crippen LogP contribution in [0, 0.1) is 0 Å². The quantitative estimate of drug-likeness (QED) is 0.232. The average molecular weight is 565 g/mol. The molecule has 0 unspecified atom stereocenters. The third kappa shape index (κ3) is 2.58. The first-order chi connectivity index (χ1) is 20.3. The van der Waals surface area contributed by atoms with Crippen LogP contribution in [0.25, 0.3) is 87.1 Å². The van der Waals surface area contributed by atoms with Crippen LogP contribution in [0.15, 0.2) is 85.5 Å². The van der Waals surface area contributed by atoms with Gasteiger partial charge in [0.2, 0.25) is 0 Å². The molecule has 9 heteroatoms. The predicted molar refractivity (Wildman–Crippen MR) is 163 cm³/mol. The third-order valence-electron chi connectivity index (χ3n) is 8.87. The van der Waals surface area contributed by atoms with Crippen LogP contribution in [-0.2, 0) is 13.3 Å². The largest absolute Gasteiger partial charge is 0.345 e. The molecule has 0 bridgehead atoms. The first-order valence-corrected chi connectivity index (χ1v) is 14.5. The van der Waals surface area contributed by atoms with E-state index in [0.29, 0.717) is 0 Å². The zero-order valence-corrected chi connectivity index (χ0v) is 22.4. The Morgan fingerprint density at radius 1 is 0.524 bits per heavy atom. The van der Waals surface area contributed by atoms with E-state index in [2.05, 4.69) is 114 Å². The molecule has 0 fully saturated rings. The Kier molecular flexibility index (Phi) is 4.01. The van der Waals surface area contributed by atoms with Crippen molar-refractivity contribution >= 4 is 77.0 Å². The maximum absolute atomic E-state index is 5.17. The standard InChI is InChI=1S/C32H18N8S.CH4/c1-5-17-23-24(18-6-2-12-38-15-37(11-1)27(17)28(18)38)34-31(33-23)21-9-10-22(41-21)32-35-25-19-7-3-13-39-16-40-14-4-8-20(26(25)36-32)30(40)29(19)39;/h1-14H,15-16H2;1H4/q+2;/p+2. The number of hydrogen-bond acceptors (Lipinski definition) is 3. The molecule has 8 nitrogen and oxygen atoms in total. The maximum atomic E-state index is 5.17. The average Bonchev–Trinajstić information content (AvgIpc) is 3.83. The molecule has 0 radical (unpaired) electrons. The van der Waals surface area contributed by atoms with Crippen molar-refractivity contribution in [3.05, 3.63) is 85.5 Å². The van der Waals surface area contributed by atoms with Gasteiger partial charge in [0.05, 0.1) is 42.3 Å². The fourth-order valence-corrected chi connectivity index (χ4v) is 8.09. The molecular weight excluding hydrogens is 540 g/mol. The highest BCUT2D eigenvalue weighted by Crippen LogP contribution is 2.39. The van der Waals surface area contributed by atoms with Crippen LogP contribution in [0.1, 0.15) is 7.43 Å². The number of hydrogen-bond donors (Lipinski definition) is 2. The summed E-state index contributed by atoms with van der Waals surface area (Å²) in [6.07, 6.45) is 8.62. The van der Waals surface area contributed by atoms with Gasteiger partial charge in [0.25, 0.3) is 22.1 Å². The number of imidazole rings is 2. The van der Waals surface area contributed by atoms with E-state index in [9.17, 15) is 0 Å². The number of benzene rings is 2. The van der Waals surface area contributed by atoms with Crippen LogP contribution in [0.4, 0.5) is 0 Å². The SMILES string of the molecule is C.c1cc2c3nc(-c4ccc(-c5nc6c7ccc[n+]8c7c7c(ccc[n+]7C8)c6[nH]5)s4)[nH]c3c3ccc[n+]4c3c2[n+](c1)C4. The molecule has 9 aromatic rings. The fourth-order valence-electron chi connectivity index (χ4n) is 7.20. The van der Waals surface area contributed by atoms with Crippen molar-refractivity contribution in [1.82, 2.24) is 19.9 Å². The Morgan fingerprint density at radius 3 is 1.33 bits per heavy atom. The summed E-state index contributed by atoms with van der Waals surface area (Å²) in [4.78, 5) is 19.9. The molecule has 7 aromatic heterocycles. The summed E-state index contributed by atoms with van der Waals surface area (Å²) in [5.41, 5.74) is 9.23. The van der Waals surface area contributed by atoms with Gasteiger partial charge in [-0.15, -0.1) is 29.6 Å². The highest BCUT2D eigenvalue weighted by atomic mass is 32.1. The summed E-state index contributed by atoms with van der Waals surface area (Å²) < 4.78 is 9.26. The normalized spacial score (nSPS) is 13.3. The summed E-state index contributed by atoms with van der Waals surface area (Å²) in [6, 6.07) is 21.6. The van der Waals surface area contributed by atoms with Gasteiger partial charge < -0.3 is 9.97 Å². The minimum atomic E-state index is 0. The van der Waals surface area contributed by atoms with E-state index >= 15 is 0 Å². The number of fused-ring (bicyclic) bond motifs is 6. The van der Waals surface area contributed by atoms with Gasteiger partial charge in [0.15, 0.2) is 24.8 Å². The van der Waals surface area contributed by atoms with Gasteiger partial charge >= 0.3 is 13.3 Å². The number of aromatic nitrogens is 8. The molecule has 2 aliphatic heterocycles. The van der Waals surface area contributed by atoms with E-state index in [1.807, 2.05) is 0 Å². The summed E-state index contributed by atoms with van der Waals surface area (Å²) in [5.74, 6) is 1.78. The lowest BCUT2D eigenvalue weighted by Gasteiger charge is -1.95. The Morgan fingerprint density at radius 2 is 0.905 bits per heavy atom. The minimum absolute atomic E-state index is 0. The Balaban J connectivity index is 0.00000236. The Bertz CT molecular complexity index is 2320. The Hall–Kier alpha value is -5.28. The summed E-state index contributed by atoms with van der Waals surface area (Å²) in [7, 11) is 0. The molecule has 198 valence electrons. The van der Waals surface area contributed by atoms with Gasteiger partial charge in [-0.3, -0.25) is 0 Å².